The molecule has 0 aromatic carbocycles. The van der Waals surface area contributed by atoms with Gasteiger partial charge in [-0.05, 0) is 39.5 Å². The second kappa shape index (κ2) is 6.46. The lowest BCUT2D eigenvalue weighted by molar-refractivity contribution is -0.142. The monoisotopic (exact) mass is 285 g/mol. The van der Waals surface area contributed by atoms with Crippen LogP contribution in [0, 0.1) is 5.92 Å². The summed E-state index contributed by atoms with van der Waals surface area (Å²) >= 11 is 0. The van der Waals surface area contributed by atoms with Crippen molar-refractivity contribution >= 4 is 12.1 Å². The van der Waals surface area contributed by atoms with E-state index in [2.05, 4.69) is 6.92 Å². The fourth-order valence-electron chi connectivity index (χ4n) is 2.76. The Bertz CT molecular complexity index is 361. The maximum atomic E-state index is 12.3. The fourth-order valence-corrected chi connectivity index (χ4v) is 2.76. The lowest BCUT2D eigenvalue weighted by Crippen LogP contribution is -2.47. The molecule has 5 heteroatoms. The first-order valence-corrected chi connectivity index (χ1v) is 7.41. The van der Waals surface area contributed by atoms with E-state index in [1.807, 2.05) is 6.92 Å². The zero-order chi connectivity index (χ0) is 15.5. The van der Waals surface area contributed by atoms with Crippen molar-refractivity contribution in [2.24, 2.45) is 5.92 Å². The van der Waals surface area contributed by atoms with Crippen LogP contribution < -0.4 is 0 Å². The van der Waals surface area contributed by atoms with Crippen molar-refractivity contribution in [1.82, 2.24) is 4.90 Å². The van der Waals surface area contributed by atoms with Crippen LogP contribution in [0.15, 0.2) is 0 Å². The van der Waals surface area contributed by atoms with Gasteiger partial charge in [-0.1, -0.05) is 26.7 Å². The van der Waals surface area contributed by atoms with E-state index >= 15 is 0 Å². The number of rotatable bonds is 4. The van der Waals surface area contributed by atoms with Gasteiger partial charge in [-0.2, -0.15) is 0 Å². The van der Waals surface area contributed by atoms with Gasteiger partial charge in [0.15, 0.2) is 0 Å². The Morgan fingerprint density at radius 3 is 2.40 bits per heavy atom. The molecular formula is C15H27NO4. The smallest absolute Gasteiger partial charge is 0.411 e. The molecule has 0 aromatic heterocycles. The summed E-state index contributed by atoms with van der Waals surface area (Å²) < 4.78 is 5.38. The van der Waals surface area contributed by atoms with Crippen molar-refractivity contribution < 1.29 is 19.4 Å². The molecule has 0 bridgehead atoms. The highest BCUT2D eigenvalue weighted by Crippen LogP contribution is 2.34. The van der Waals surface area contributed by atoms with Crippen molar-refractivity contribution in [2.45, 2.75) is 78.0 Å². The van der Waals surface area contributed by atoms with E-state index in [-0.39, 0.29) is 12.0 Å². The Morgan fingerprint density at radius 2 is 1.95 bits per heavy atom. The van der Waals surface area contributed by atoms with Gasteiger partial charge in [0.1, 0.15) is 11.6 Å². The summed E-state index contributed by atoms with van der Waals surface area (Å²) in [4.78, 5) is 25.2. The molecule has 1 amide bonds. The number of unbranched alkanes of at least 4 members (excludes halogenated alkanes) is 1. The average molecular weight is 285 g/mol. The Kier molecular flexibility index (Phi) is 5.42. The number of carbonyl (C=O) groups excluding carboxylic acids is 1. The number of carboxylic acids is 1. The van der Waals surface area contributed by atoms with Crippen LogP contribution in [-0.2, 0) is 9.53 Å². The summed E-state index contributed by atoms with van der Waals surface area (Å²) in [6.07, 6.45) is 2.85. The first-order chi connectivity index (χ1) is 9.17. The molecule has 1 N–H and O–H groups in total. The standard InChI is InChI=1S/C15H27NO4/c1-6-7-8-11-10(2)9-12(13(17)18)16(11)14(19)20-15(3,4)5/h10-12H,6-9H2,1-5H3,(H,17,18). The molecule has 5 nitrogen and oxygen atoms in total. The van der Waals surface area contributed by atoms with E-state index in [4.69, 9.17) is 4.74 Å². The number of carbonyl (C=O) groups is 2. The number of aliphatic carboxylic acids is 1. The zero-order valence-electron chi connectivity index (χ0n) is 13.2. The average Bonchev–Trinajstić information content (AvgIpc) is 2.61. The highest BCUT2D eigenvalue weighted by Gasteiger charge is 2.46. The van der Waals surface area contributed by atoms with Crippen molar-refractivity contribution in [2.75, 3.05) is 0 Å². The van der Waals surface area contributed by atoms with Crippen LogP contribution in [0.25, 0.3) is 0 Å². The Labute approximate surface area is 121 Å². The molecule has 0 aliphatic carbocycles. The molecule has 3 atom stereocenters. The summed E-state index contributed by atoms with van der Waals surface area (Å²) in [6, 6.07) is -0.799. The summed E-state index contributed by atoms with van der Waals surface area (Å²) in [5, 5.41) is 9.34. The number of ether oxygens (including phenoxy) is 1. The minimum Gasteiger partial charge on any atom is -0.480 e. The molecule has 1 saturated heterocycles. The van der Waals surface area contributed by atoms with Gasteiger partial charge in [0, 0.05) is 6.04 Å². The van der Waals surface area contributed by atoms with Gasteiger partial charge in [-0.25, -0.2) is 9.59 Å². The van der Waals surface area contributed by atoms with E-state index in [0.29, 0.717) is 6.42 Å². The molecule has 1 heterocycles. The minimum atomic E-state index is -0.943. The third-order valence-electron chi connectivity index (χ3n) is 3.69. The van der Waals surface area contributed by atoms with Crippen LogP contribution in [0.1, 0.15) is 60.3 Å². The lowest BCUT2D eigenvalue weighted by Gasteiger charge is -2.32. The SMILES string of the molecule is CCCCC1C(C)CC(C(=O)O)N1C(=O)OC(C)(C)C. The van der Waals surface area contributed by atoms with E-state index < -0.39 is 23.7 Å². The summed E-state index contributed by atoms with van der Waals surface area (Å²) in [5.74, 6) is -0.753. The van der Waals surface area contributed by atoms with Crippen LogP contribution in [0.2, 0.25) is 0 Å². The Morgan fingerprint density at radius 1 is 1.35 bits per heavy atom. The maximum Gasteiger partial charge on any atom is 0.411 e. The number of carboxylic acid groups (broad SMARTS) is 1. The van der Waals surface area contributed by atoms with Crippen molar-refractivity contribution in [3.05, 3.63) is 0 Å². The third kappa shape index (κ3) is 4.12. The Hall–Kier alpha value is -1.26. The van der Waals surface area contributed by atoms with Crippen LogP contribution in [0.3, 0.4) is 0 Å². The molecule has 1 aliphatic rings. The van der Waals surface area contributed by atoms with Gasteiger partial charge in [0.05, 0.1) is 0 Å². The van der Waals surface area contributed by atoms with Gasteiger partial charge in [0.2, 0.25) is 0 Å². The molecular weight excluding hydrogens is 258 g/mol. The van der Waals surface area contributed by atoms with Crippen molar-refractivity contribution in [1.29, 1.82) is 0 Å². The Balaban J connectivity index is 2.91. The topological polar surface area (TPSA) is 66.8 Å². The van der Waals surface area contributed by atoms with Crippen molar-refractivity contribution in [3.8, 4) is 0 Å². The van der Waals surface area contributed by atoms with E-state index in [0.717, 1.165) is 19.3 Å². The largest absolute Gasteiger partial charge is 0.480 e. The van der Waals surface area contributed by atoms with Crippen LogP contribution >= 0.6 is 0 Å². The predicted molar refractivity (Wildman–Crippen MR) is 76.6 cm³/mol. The van der Waals surface area contributed by atoms with E-state index in [1.165, 1.54) is 4.90 Å². The molecule has 116 valence electrons. The highest BCUT2D eigenvalue weighted by atomic mass is 16.6. The third-order valence-corrected chi connectivity index (χ3v) is 3.69. The molecule has 0 saturated carbocycles. The zero-order valence-corrected chi connectivity index (χ0v) is 13.2. The number of likely N-dealkylation sites (tertiary alicyclic amines) is 1. The van der Waals surface area contributed by atoms with Gasteiger partial charge < -0.3 is 9.84 Å². The lowest BCUT2D eigenvalue weighted by atomic mass is 9.97. The summed E-state index contributed by atoms with van der Waals surface area (Å²) in [6.45, 7) is 9.48. The van der Waals surface area contributed by atoms with E-state index in [9.17, 15) is 14.7 Å². The normalized spacial score (nSPS) is 26.6. The second-order valence-corrected chi connectivity index (χ2v) is 6.66. The predicted octanol–water partition coefficient (Wildman–Crippen LogP) is 3.28. The molecule has 1 rings (SSSR count). The summed E-state index contributed by atoms with van der Waals surface area (Å²) in [7, 11) is 0. The molecule has 1 fully saturated rings. The molecule has 20 heavy (non-hydrogen) atoms. The van der Waals surface area contributed by atoms with Gasteiger partial charge >= 0.3 is 12.1 Å². The quantitative estimate of drug-likeness (QED) is 0.860. The fraction of sp³-hybridized carbons (Fsp3) is 0.867. The summed E-state index contributed by atoms with van der Waals surface area (Å²) in [5.41, 5.74) is -0.610. The molecule has 0 aromatic rings. The maximum absolute atomic E-state index is 12.3. The molecule has 1 aliphatic heterocycles. The molecule has 0 spiro atoms. The first-order valence-electron chi connectivity index (χ1n) is 7.41. The number of hydrogen-bond acceptors (Lipinski definition) is 3. The van der Waals surface area contributed by atoms with Crippen LogP contribution in [-0.4, -0.2) is 39.8 Å². The van der Waals surface area contributed by atoms with Crippen molar-refractivity contribution in [3.63, 3.8) is 0 Å². The number of hydrogen-bond donors (Lipinski definition) is 1. The number of nitrogens with zero attached hydrogens (tertiary/aromatic N) is 1. The van der Waals surface area contributed by atoms with Gasteiger partial charge in [-0.15, -0.1) is 0 Å². The molecule has 0 radical (unpaired) electrons. The highest BCUT2D eigenvalue weighted by molar-refractivity contribution is 5.81. The minimum absolute atomic E-state index is 0.0362. The van der Waals surface area contributed by atoms with Gasteiger partial charge in [-0.3, -0.25) is 4.90 Å². The van der Waals surface area contributed by atoms with Crippen LogP contribution in [0.4, 0.5) is 4.79 Å². The van der Waals surface area contributed by atoms with Crippen LogP contribution in [0.5, 0.6) is 0 Å². The second-order valence-electron chi connectivity index (χ2n) is 6.66. The van der Waals surface area contributed by atoms with E-state index in [1.54, 1.807) is 20.8 Å². The first kappa shape index (κ1) is 16.8. The van der Waals surface area contributed by atoms with Gasteiger partial charge in [0.25, 0.3) is 0 Å². The molecule has 3 unspecified atom stereocenters. The number of amides is 1.